The number of esters is 1. The van der Waals surface area contributed by atoms with E-state index in [4.69, 9.17) is 0 Å². The van der Waals surface area contributed by atoms with Crippen molar-refractivity contribution in [2.45, 2.75) is 52.2 Å². The number of aliphatic hydroxyl groups excluding tert-OH is 2. The molecule has 1 saturated carbocycles. The fourth-order valence-corrected chi connectivity index (χ4v) is 2.79. The summed E-state index contributed by atoms with van der Waals surface area (Å²) in [6.45, 7) is 5.96. The first-order valence-electron chi connectivity index (χ1n) is 5.64. The van der Waals surface area contributed by atoms with Gasteiger partial charge < -0.3 is 14.9 Å². The molecule has 1 fully saturated rings. The van der Waals surface area contributed by atoms with Gasteiger partial charge in [0.05, 0.1) is 25.7 Å². The van der Waals surface area contributed by atoms with Crippen LogP contribution in [0.15, 0.2) is 0 Å². The van der Waals surface area contributed by atoms with Crippen LogP contribution in [0.25, 0.3) is 0 Å². The lowest BCUT2D eigenvalue weighted by molar-refractivity contribution is -0.146. The van der Waals surface area contributed by atoms with E-state index in [1.54, 1.807) is 0 Å². The summed E-state index contributed by atoms with van der Waals surface area (Å²) in [4.78, 5) is 11.1. The van der Waals surface area contributed by atoms with E-state index in [-0.39, 0.29) is 11.8 Å². The van der Waals surface area contributed by atoms with Gasteiger partial charge in [0, 0.05) is 5.41 Å². The van der Waals surface area contributed by atoms with Gasteiger partial charge >= 0.3 is 5.97 Å². The molecule has 0 aromatic carbocycles. The molecule has 0 bridgehead atoms. The van der Waals surface area contributed by atoms with Crippen LogP contribution in [0.2, 0.25) is 0 Å². The summed E-state index contributed by atoms with van der Waals surface area (Å²) in [6.07, 6.45) is -0.111. The van der Waals surface area contributed by atoms with Crippen molar-refractivity contribution in [2.24, 2.45) is 10.8 Å². The standard InChI is InChI=1S/C12H22O4/c1-11(2)6-9(14)12(3,7-11)8(13)5-10(15)16-4/h8-9,13-14H,5-7H2,1-4H3/t8-,9+,12+/m0/s1. The highest BCUT2D eigenvalue weighted by atomic mass is 16.5. The first-order valence-corrected chi connectivity index (χ1v) is 5.64. The van der Waals surface area contributed by atoms with Gasteiger partial charge in [0.2, 0.25) is 0 Å². The number of aliphatic hydroxyl groups is 2. The van der Waals surface area contributed by atoms with Crippen molar-refractivity contribution in [3.05, 3.63) is 0 Å². The van der Waals surface area contributed by atoms with Gasteiger partial charge in [-0.15, -0.1) is 0 Å². The summed E-state index contributed by atoms with van der Waals surface area (Å²) in [5, 5.41) is 20.1. The Labute approximate surface area is 96.6 Å². The Morgan fingerprint density at radius 2 is 2.06 bits per heavy atom. The van der Waals surface area contributed by atoms with Crippen LogP contribution >= 0.6 is 0 Å². The van der Waals surface area contributed by atoms with E-state index in [0.29, 0.717) is 12.8 Å². The van der Waals surface area contributed by atoms with Gasteiger partial charge in [0.25, 0.3) is 0 Å². The van der Waals surface area contributed by atoms with Crippen molar-refractivity contribution >= 4 is 5.97 Å². The van der Waals surface area contributed by atoms with E-state index in [2.05, 4.69) is 18.6 Å². The molecule has 0 heterocycles. The van der Waals surface area contributed by atoms with Crippen LogP contribution in [0.5, 0.6) is 0 Å². The minimum absolute atomic E-state index is 0.00522. The zero-order chi connectivity index (χ0) is 12.6. The van der Waals surface area contributed by atoms with Gasteiger partial charge in [-0.3, -0.25) is 4.79 Å². The van der Waals surface area contributed by atoms with Crippen LogP contribution in [0.1, 0.15) is 40.0 Å². The second-order valence-electron chi connectivity index (χ2n) is 5.86. The molecule has 0 amide bonds. The number of carbonyl (C=O) groups excluding carboxylic acids is 1. The Morgan fingerprint density at radius 1 is 1.50 bits per heavy atom. The Balaban J connectivity index is 2.74. The predicted octanol–water partition coefficient (Wildman–Crippen LogP) is 1.10. The van der Waals surface area contributed by atoms with Gasteiger partial charge in [0.15, 0.2) is 0 Å². The molecule has 16 heavy (non-hydrogen) atoms. The van der Waals surface area contributed by atoms with Crippen LogP contribution in [0.4, 0.5) is 0 Å². The summed E-state index contributed by atoms with van der Waals surface area (Å²) < 4.78 is 4.53. The molecule has 0 aromatic rings. The van der Waals surface area contributed by atoms with Crippen molar-refractivity contribution < 1.29 is 19.7 Å². The van der Waals surface area contributed by atoms with Gasteiger partial charge in [-0.25, -0.2) is 0 Å². The average molecular weight is 230 g/mol. The minimum atomic E-state index is -0.850. The van der Waals surface area contributed by atoms with Crippen LogP contribution in [0.3, 0.4) is 0 Å². The largest absolute Gasteiger partial charge is 0.469 e. The summed E-state index contributed by atoms with van der Waals surface area (Å²) in [5.41, 5.74) is -0.608. The van der Waals surface area contributed by atoms with E-state index in [1.807, 2.05) is 6.92 Å². The number of methoxy groups -OCH3 is 1. The molecule has 4 heteroatoms. The maximum atomic E-state index is 11.1. The molecule has 0 saturated heterocycles. The lowest BCUT2D eigenvalue weighted by atomic mass is 9.77. The molecule has 4 nitrogen and oxygen atoms in total. The lowest BCUT2D eigenvalue weighted by Crippen LogP contribution is -2.40. The second kappa shape index (κ2) is 4.34. The normalized spacial score (nSPS) is 34.8. The SMILES string of the molecule is COC(=O)C[C@H](O)[C@@]1(C)CC(C)(C)C[C@H]1O. The van der Waals surface area contributed by atoms with E-state index < -0.39 is 23.6 Å². The van der Waals surface area contributed by atoms with Crippen molar-refractivity contribution in [3.63, 3.8) is 0 Å². The summed E-state index contributed by atoms with van der Waals surface area (Å²) in [5.74, 6) is -0.439. The summed E-state index contributed by atoms with van der Waals surface area (Å²) >= 11 is 0. The average Bonchev–Trinajstić information content (AvgIpc) is 2.36. The first kappa shape index (κ1) is 13.5. The molecule has 2 N–H and O–H groups in total. The molecule has 0 spiro atoms. The molecule has 1 aliphatic rings. The number of rotatable bonds is 3. The van der Waals surface area contributed by atoms with Crippen LogP contribution < -0.4 is 0 Å². The highest BCUT2D eigenvalue weighted by Gasteiger charge is 2.51. The zero-order valence-corrected chi connectivity index (χ0v) is 10.5. The highest BCUT2D eigenvalue weighted by Crippen LogP contribution is 2.51. The van der Waals surface area contributed by atoms with Crippen LogP contribution in [-0.2, 0) is 9.53 Å². The summed E-state index contributed by atoms with van der Waals surface area (Å²) in [6, 6.07) is 0. The first-order chi connectivity index (χ1) is 7.21. The molecule has 1 aliphatic carbocycles. The third kappa shape index (κ3) is 2.55. The third-order valence-corrected chi connectivity index (χ3v) is 3.72. The number of carbonyl (C=O) groups is 1. The highest BCUT2D eigenvalue weighted by molar-refractivity contribution is 5.69. The molecule has 0 aliphatic heterocycles. The third-order valence-electron chi connectivity index (χ3n) is 3.72. The summed E-state index contributed by atoms with van der Waals surface area (Å²) in [7, 11) is 1.30. The predicted molar refractivity (Wildman–Crippen MR) is 59.8 cm³/mol. The van der Waals surface area contributed by atoms with Crippen LogP contribution in [0, 0.1) is 10.8 Å². The monoisotopic (exact) mass is 230 g/mol. The fraction of sp³-hybridized carbons (Fsp3) is 0.917. The van der Waals surface area contributed by atoms with Gasteiger partial charge in [-0.2, -0.15) is 0 Å². The molecule has 3 atom stereocenters. The quantitative estimate of drug-likeness (QED) is 0.712. The van der Waals surface area contributed by atoms with Gasteiger partial charge in [0.1, 0.15) is 0 Å². The zero-order valence-electron chi connectivity index (χ0n) is 10.5. The number of ether oxygens (including phenoxy) is 1. The van der Waals surface area contributed by atoms with Gasteiger partial charge in [-0.1, -0.05) is 20.8 Å². The lowest BCUT2D eigenvalue weighted by Gasteiger charge is -2.33. The van der Waals surface area contributed by atoms with Crippen molar-refractivity contribution in [3.8, 4) is 0 Å². The Kier molecular flexibility index (Phi) is 3.65. The Hall–Kier alpha value is -0.610. The van der Waals surface area contributed by atoms with Crippen molar-refractivity contribution in [2.75, 3.05) is 7.11 Å². The topological polar surface area (TPSA) is 66.8 Å². The fourth-order valence-electron chi connectivity index (χ4n) is 2.79. The molecule has 0 unspecified atom stereocenters. The Bertz CT molecular complexity index is 274. The Morgan fingerprint density at radius 3 is 2.44 bits per heavy atom. The van der Waals surface area contributed by atoms with Crippen molar-refractivity contribution in [1.82, 2.24) is 0 Å². The molecule has 1 rings (SSSR count). The molecular weight excluding hydrogens is 208 g/mol. The van der Waals surface area contributed by atoms with E-state index >= 15 is 0 Å². The second-order valence-corrected chi connectivity index (χ2v) is 5.86. The molecule has 94 valence electrons. The number of hydrogen-bond donors (Lipinski definition) is 2. The molecular formula is C12H22O4. The van der Waals surface area contributed by atoms with Crippen molar-refractivity contribution in [1.29, 1.82) is 0 Å². The van der Waals surface area contributed by atoms with Crippen LogP contribution in [-0.4, -0.2) is 35.5 Å². The molecule has 0 radical (unpaired) electrons. The minimum Gasteiger partial charge on any atom is -0.469 e. The van der Waals surface area contributed by atoms with E-state index in [0.717, 1.165) is 0 Å². The van der Waals surface area contributed by atoms with E-state index in [9.17, 15) is 15.0 Å². The number of hydrogen-bond acceptors (Lipinski definition) is 4. The maximum absolute atomic E-state index is 11.1. The molecule has 0 aromatic heterocycles. The smallest absolute Gasteiger partial charge is 0.308 e. The maximum Gasteiger partial charge on any atom is 0.308 e. The van der Waals surface area contributed by atoms with E-state index in [1.165, 1.54) is 7.11 Å². The van der Waals surface area contributed by atoms with Gasteiger partial charge in [-0.05, 0) is 18.3 Å².